The highest BCUT2D eigenvalue weighted by molar-refractivity contribution is 7.11. The van der Waals surface area contributed by atoms with E-state index in [1.54, 1.807) is 0 Å². The van der Waals surface area contributed by atoms with Crippen LogP contribution in [0.4, 0.5) is 0 Å². The Kier molecular flexibility index (Phi) is 6.49. The van der Waals surface area contributed by atoms with E-state index in [0.717, 1.165) is 45.8 Å². The Labute approximate surface area is 127 Å². The number of nitrogens with zero attached hydrogens (tertiary/aromatic N) is 1. The van der Waals surface area contributed by atoms with E-state index in [2.05, 4.69) is 43.1 Å². The molecule has 0 aliphatic carbocycles. The first-order chi connectivity index (χ1) is 9.63. The predicted molar refractivity (Wildman–Crippen MR) is 86.2 cm³/mol. The van der Waals surface area contributed by atoms with Gasteiger partial charge in [-0.1, -0.05) is 13.8 Å². The lowest BCUT2D eigenvalue weighted by molar-refractivity contribution is 0.0669. The zero-order valence-electron chi connectivity index (χ0n) is 13.0. The van der Waals surface area contributed by atoms with Gasteiger partial charge in [-0.15, -0.1) is 11.3 Å². The first kappa shape index (κ1) is 16.0. The third-order valence-corrected chi connectivity index (χ3v) is 4.55. The van der Waals surface area contributed by atoms with E-state index in [9.17, 15) is 0 Å². The molecule has 0 radical (unpaired) electrons. The molecule has 20 heavy (non-hydrogen) atoms. The highest BCUT2D eigenvalue weighted by Crippen LogP contribution is 2.19. The van der Waals surface area contributed by atoms with E-state index in [4.69, 9.17) is 4.74 Å². The first-order valence-corrected chi connectivity index (χ1v) is 8.57. The number of hydrogen-bond acceptors (Lipinski definition) is 4. The van der Waals surface area contributed by atoms with Crippen LogP contribution in [0.1, 0.15) is 36.9 Å². The molecule has 1 atom stereocenters. The van der Waals surface area contributed by atoms with Crippen LogP contribution in [0.3, 0.4) is 0 Å². The van der Waals surface area contributed by atoms with Crippen molar-refractivity contribution < 1.29 is 4.74 Å². The van der Waals surface area contributed by atoms with Gasteiger partial charge in [-0.2, -0.15) is 0 Å². The number of nitrogens with one attached hydrogen (secondary N) is 1. The summed E-state index contributed by atoms with van der Waals surface area (Å²) in [7, 11) is 0. The summed E-state index contributed by atoms with van der Waals surface area (Å²) in [6.45, 7) is 13.0. The summed E-state index contributed by atoms with van der Waals surface area (Å²) in [6, 6.07) is 4.55. The lowest BCUT2D eigenvalue weighted by atomic mass is 10.2. The highest BCUT2D eigenvalue weighted by Gasteiger charge is 2.15. The number of hydrogen-bond donors (Lipinski definition) is 1. The Balaban J connectivity index is 1.79. The fraction of sp³-hybridized carbons (Fsp3) is 0.750. The number of thiophene rings is 1. The minimum Gasteiger partial charge on any atom is -0.377 e. The Bertz CT molecular complexity index is 392. The molecule has 1 unspecified atom stereocenters. The van der Waals surface area contributed by atoms with Crippen molar-refractivity contribution in [3.63, 3.8) is 0 Å². The van der Waals surface area contributed by atoms with Crippen LogP contribution in [0.25, 0.3) is 0 Å². The smallest absolute Gasteiger partial charge is 0.0674 e. The normalized spacial score (nSPS) is 21.3. The van der Waals surface area contributed by atoms with Gasteiger partial charge in [0.15, 0.2) is 0 Å². The van der Waals surface area contributed by atoms with Crippen LogP contribution in [-0.2, 0) is 17.8 Å². The third-order valence-electron chi connectivity index (χ3n) is 3.48. The van der Waals surface area contributed by atoms with Crippen molar-refractivity contribution in [2.45, 2.75) is 46.4 Å². The van der Waals surface area contributed by atoms with Crippen molar-refractivity contribution in [2.75, 3.05) is 26.2 Å². The van der Waals surface area contributed by atoms with Crippen molar-refractivity contribution in [1.82, 2.24) is 10.2 Å². The summed E-state index contributed by atoms with van der Waals surface area (Å²) >= 11 is 1.94. The van der Waals surface area contributed by atoms with Gasteiger partial charge >= 0.3 is 0 Å². The topological polar surface area (TPSA) is 24.5 Å². The average molecular weight is 296 g/mol. The summed E-state index contributed by atoms with van der Waals surface area (Å²) in [5, 5.41) is 3.51. The lowest BCUT2D eigenvalue weighted by Crippen LogP contribution is -2.29. The molecule has 2 rings (SSSR count). The lowest BCUT2D eigenvalue weighted by Gasteiger charge is -2.20. The largest absolute Gasteiger partial charge is 0.377 e. The van der Waals surface area contributed by atoms with Gasteiger partial charge in [0.05, 0.1) is 6.10 Å². The second-order valence-corrected chi connectivity index (χ2v) is 7.42. The molecule has 0 spiro atoms. The van der Waals surface area contributed by atoms with Crippen LogP contribution in [0.15, 0.2) is 12.1 Å². The highest BCUT2D eigenvalue weighted by atomic mass is 32.1. The fourth-order valence-electron chi connectivity index (χ4n) is 2.53. The molecule has 2 heterocycles. The SMILES string of the molecule is CC(C)CNCc1ccc(CN2CCCOC(C)C2)s1. The molecule has 1 fully saturated rings. The van der Waals surface area contributed by atoms with Crippen molar-refractivity contribution in [3.05, 3.63) is 21.9 Å². The third kappa shape index (κ3) is 5.52. The van der Waals surface area contributed by atoms with Gasteiger partial charge in [-0.3, -0.25) is 4.90 Å². The van der Waals surface area contributed by atoms with Crippen molar-refractivity contribution in [3.8, 4) is 0 Å². The van der Waals surface area contributed by atoms with Gasteiger partial charge in [-0.05, 0) is 37.9 Å². The molecular formula is C16H28N2OS. The van der Waals surface area contributed by atoms with Gasteiger partial charge < -0.3 is 10.1 Å². The zero-order valence-corrected chi connectivity index (χ0v) is 13.8. The molecule has 0 aromatic carbocycles. The fourth-order valence-corrected chi connectivity index (χ4v) is 3.56. The van der Waals surface area contributed by atoms with Gasteiger partial charge in [0.2, 0.25) is 0 Å². The van der Waals surface area contributed by atoms with E-state index in [-0.39, 0.29) is 0 Å². The molecule has 0 bridgehead atoms. The average Bonchev–Trinajstić information content (AvgIpc) is 2.71. The molecule has 4 heteroatoms. The minimum absolute atomic E-state index is 0.365. The zero-order chi connectivity index (χ0) is 14.4. The molecular weight excluding hydrogens is 268 g/mol. The van der Waals surface area contributed by atoms with Crippen LogP contribution in [0.5, 0.6) is 0 Å². The van der Waals surface area contributed by atoms with Crippen LogP contribution in [0.2, 0.25) is 0 Å². The molecule has 1 aromatic rings. The molecule has 1 saturated heterocycles. The van der Waals surface area contributed by atoms with Crippen molar-refractivity contribution >= 4 is 11.3 Å². The van der Waals surface area contributed by atoms with E-state index >= 15 is 0 Å². The van der Waals surface area contributed by atoms with Gasteiger partial charge in [0, 0.05) is 42.5 Å². The van der Waals surface area contributed by atoms with Crippen molar-refractivity contribution in [1.29, 1.82) is 0 Å². The maximum Gasteiger partial charge on any atom is 0.0674 e. The summed E-state index contributed by atoms with van der Waals surface area (Å²) in [5.41, 5.74) is 0. The molecule has 1 aromatic heterocycles. The monoisotopic (exact) mass is 296 g/mol. The van der Waals surface area contributed by atoms with Crippen molar-refractivity contribution in [2.24, 2.45) is 5.92 Å². The van der Waals surface area contributed by atoms with Crippen LogP contribution in [-0.4, -0.2) is 37.2 Å². The standard InChI is InChI=1S/C16H28N2OS/c1-13(2)9-17-10-15-5-6-16(20-15)12-18-7-4-8-19-14(3)11-18/h5-6,13-14,17H,4,7-12H2,1-3H3. The Morgan fingerprint density at radius 2 is 2.20 bits per heavy atom. The molecule has 3 nitrogen and oxygen atoms in total. The molecule has 1 aliphatic rings. The number of rotatable bonds is 6. The Hall–Kier alpha value is -0.420. The number of ether oxygens (including phenoxy) is 1. The molecule has 1 N–H and O–H groups in total. The van der Waals surface area contributed by atoms with Gasteiger partial charge in [0.1, 0.15) is 0 Å². The first-order valence-electron chi connectivity index (χ1n) is 7.75. The van der Waals surface area contributed by atoms with Crippen LogP contribution in [0, 0.1) is 5.92 Å². The summed E-state index contributed by atoms with van der Waals surface area (Å²) in [6.07, 6.45) is 1.52. The summed E-state index contributed by atoms with van der Waals surface area (Å²) in [5.74, 6) is 0.716. The Morgan fingerprint density at radius 1 is 1.40 bits per heavy atom. The summed E-state index contributed by atoms with van der Waals surface area (Å²) in [4.78, 5) is 5.44. The van der Waals surface area contributed by atoms with E-state index in [1.165, 1.54) is 9.75 Å². The predicted octanol–water partition coefficient (Wildman–Crippen LogP) is 3.10. The summed E-state index contributed by atoms with van der Waals surface area (Å²) < 4.78 is 5.70. The molecule has 114 valence electrons. The van der Waals surface area contributed by atoms with E-state index in [0.29, 0.717) is 12.0 Å². The van der Waals surface area contributed by atoms with Crippen LogP contribution < -0.4 is 5.32 Å². The second kappa shape index (κ2) is 8.13. The van der Waals surface area contributed by atoms with Crippen LogP contribution >= 0.6 is 11.3 Å². The van der Waals surface area contributed by atoms with E-state index in [1.807, 2.05) is 11.3 Å². The van der Waals surface area contributed by atoms with E-state index < -0.39 is 0 Å². The second-order valence-electron chi connectivity index (χ2n) is 6.16. The molecule has 0 amide bonds. The minimum atomic E-state index is 0.365. The maximum absolute atomic E-state index is 5.70. The Morgan fingerprint density at radius 3 is 3.00 bits per heavy atom. The quantitative estimate of drug-likeness (QED) is 0.873. The van der Waals surface area contributed by atoms with Gasteiger partial charge in [0.25, 0.3) is 0 Å². The molecule has 0 saturated carbocycles. The maximum atomic E-state index is 5.70. The molecule has 1 aliphatic heterocycles. The van der Waals surface area contributed by atoms with Gasteiger partial charge in [-0.25, -0.2) is 0 Å².